The van der Waals surface area contributed by atoms with E-state index in [0.29, 0.717) is 18.4 Å². The number of aliphatic hydroxyl groups is 2. The first kappa shape index (κ1) is 25.2. The van der Waals surface area contributed by atoms with Crippen molar-refractivity contribution in [1.29, 1.82) is 0 Å². The Kier molecular flexibility index (Phi) is 6.90. The van der Waals surface area contributed by atoms with E-state index in [4.69, 9.17) is 4.98 Å². The van der Waals surface area contributed by atoms with Crippen LogP contribution in [0.25, 0.3) is 33.3 Å². The minimum Gasteiger partial charge on any atom is -0.506 e. The number of hydrogen-bond donors (Lipinski definition) is 4. The molecule has 0 bridgehead atoms. The molecule has 3 aromatic heterocycles. The predicted octanol–water partition coefficient (Wildman–Crippen LogP) is 5.84. The normalized spacial score (nSPS) is 14.1. The quantitative estimate of drug-likeness (QED) is 0.231. The number of nitrogens with one attached hydrogen (secondary N) is 2. The molecular weight excluding hydrogens is 458 g/mol. The summed E-state index contributed by atoms with van der Waals surface area (Å²) < 4.78 is 1.96. The molecule has 35 heavy (non-hydrogen) atoms. The van der Waals surface area contributed by atoms with E-state index < -0.39 is 5.60 Å². The number of fused-ring (bicyclic) bond motifs is 1. The number of nitrogens with zero attached hydrogens (tertiary/aromatic N) is 3. The van der Waals surface area contributed by atoms with Crippen LogP contribution in [0.15, 0.2) is 42.7 Å². The highest BCUT2D eigenvalue weighted by Crippen LogP contribution is 2.32. The summed E-state index contributed by atoms with van der Waals surface area (Å²) in [5.74, 6) is 0.740. The predicted molar refractivity (Wildman–Crippen MR) is 144 cm³/mol. The summed E-state index contributed by atoms with van der Waals surface area (Å²) in [5.41, 5.74) is 3.11. The lowest BCUT2D eigenvalue weighted by Gasteiger charge is -2.28. The molecule has 0 radical (unpaired) electrons. The van der Waals surface area contributed by atoms with Gasteiger partial charge in [0.25, 0.3) is 0 Å². The van der Waals surface area contributed by atoms with Gasteiger partial charge >= 0.3 is 0 Å². The van der Waals surface area contributed by atoms with Gasteiger partial charge in [0, 0.05) is 35.3 Å². The molecule has 1 atom stereocenters. The molecule has 4 N–H and O–H groups in total. The molecule has 8 heteroatoms. The van der Waals surface area contributed by atoms with Crippen LogP contribution in [0.2, 0.25) is 0 Å². The Morgan fingerprint density at radius 2 is 1.97 bits per heavy atom. The second kappa shape index (κ2) is 9.60. The zero-order valence-corrected chi connectivity index (χ0v) is 22.1. The fourth-order valence-electron chi connectivity index (χ4n) is 3.75. The molecule has 0 unspecified atom stereocenters. The van der Waals surface area contributed by atoms with Crippen molar-refractivity contribution in [3.05, 3.63) is 59.0 Å². The van der Waals surface area contributed by atoms with E-state index in [1.54, 1.807) is 26.1 Å². The molecule has 1 aromatic carbocycles. The third kappa shape index (κ3) is 6.01. The van der Waals surface area contributed by atoms with Crippen molar-refractivity contribution in [1.82, 2.24) is 25.1 Å². The molecule has 3 heterocycles. The van der Waals surface area contributed by atoms with Gasteiger partial charge in [0.2, 0.25) is 0 Å². The molecule has 0 saturated heterocycles. The molecule has 186 valence electrons. The number of thiophene rings is 1. The Balaban J connectivity index is 1.67. The van der Waals surface area contributed by atoms with Gasteiger partial charge in [-0.25, -0.2) is 4.98 Å². The molecule has 0 spiro atoms. The Labute approximate surface area is 210 Å². The van der Waals surface area contributed by atoms with Gasteiger partial charge in [0.15, 0.2) is 0 Å². The minimum atomic E-state index is -0.939. The van der Waals surface area contributed by atoms with Crippen molar-refractivity contribution >= 4 is 34.2 Å². The summed E-state index contributed by atoms with van der Waals surface area (Å²) in [5, 5.41) is 31.9. The number of rotatable bonds is 8. The van der Waals surface area contributed by atoms with Crippen LogP contribution >= 0.6 is 11.3 Å². The summed E-state index contributed by atoms with van der Waals surface area (Å²) in [7, 11) is 0. The molecule has 0 aliphatic rings. The van der Waals surface area contributed by atoms with Crippen LogP contribution in [0, 0.1) is 5.41 Å². The molecular formula is C27H35N5O2S. The fraction of sp³-hybridized carbons (Fsp3) is 0.407. The second-order valence-corrected chi connectivity index (χ2v) is 11.9. The van der Waals surface area contributed by atoms with E-state index >= 15 is 0 Å². The first-order valence-corrected chi connectivity index (χ1v) is 12.7. The maximum Gasteiger partial charge on any atom is 0.137 e. The molecule has 0 saturated carbocycles. The van der Waals surface area contributed by atoms with Crippen LogP contribution in [0.1, 0.15) is 57.8 Å². The van der Waals surface area contributed by atoms with E-state index in [2.05, 4.69) is 55.3 Å². The van der Waals surface area contributed by atoms with Gasteiger partial charge in [-0.05, 0) is 56.0 Å². The van der Waals surface area contributed by atoms with Crippen LogP contribution in [0.5, 0.6) is 0 Å². The Hall–Kier alpha value is -2.94. The first-order valence-electron chi connectivity index (χ1n) is 11.9. The van der Waals surface area contributed by atoms with Gasteiger partial charge in [-0.3, -0.25) is 5.10 Å². The van der Waals surface area contributed by atoms with Gasteiger partial charge in [-0.2, -0.15) is 5.10 Å². The number of benzene rings is 1. The molecule has 0 amide bonds. The Bertz CT molecular complexity index is 1320. The van der Waals surface area contributed by atoms with Gasteiger partial charge in [-0.15, -0.1) is 11.3 Å². The number of aliphatic hydroxyl groups excluding tert-OH is 1. The summed E-state index contributed by atoms with van der Waals surface area (Å²) in [4.78, 5) is 6.59. The molecule has 0 aliphatic heterocycles. The zero-order valence-electron chi connectivity index (χ0n) is 21.3. The van der Waals surface area contributed by atoms with E-state index in [9.17, 15) is 10.2 Å². The van der Waals surface area contributed by atoms with Crippen molar-refractivity contribution in [2.75, 3.05) is 0 Å². The van der Waals surface area contributed by atoms with Gasteiger partial charge in [-0.1, -0.05) is 26.8 Å². The highest BCUT2D eigenvalue weighted by atomic mass is 32.1. The average Bonchev–Trinajstić information content (AvgIpc) is 3.51. The lowest BCUT2D eigenvalue weighted by atomic mass is 9.88. The summed E-state index contributed by atoms with van der Waals surface area (Å²) in [6.45, 7) is 13.5. The summed E-state index contributed by atoms with van der Waals surface area (Å²) in [6.07, 6.45) is 5.26. The summed E-state index contributed by atoms with van der Waals surface area (Å²) in [6, 6.07) is 10.4. The third-order valence-corrected chi connectivity index (χ3v) is 7.36. The topological polar surface area (TPSA) is 99.0 Å². The highest BCUT2D eigenvalue weighted by molar-refractivity contribution is 7.16. The smallest absolute Gasteiger partial charge is 0.137 e. The van der Waals surface area contributed by atoms with Crippen molar-refractivity contribution in [3.8, 4) is 10.4 Å². The van der Waals surface area contributed by atoms with E-state index in [0.717, 1.165) is 38.5 Å². The van der Waals surface area contributed by atoms with Crippen molar-refractivity contribution < 1.29 is 10.2 Å². The molecule has 4 rings (SSSR count). The van der Waals surface area contributed by atoms with Crippen molar-refractivity contribution in [2.24, 2.45) is 5.41 Å². The van der Waals surface area contributed by atoms with Crippen LogP contribution in [-0.4, -0.2) is 41.6 Å². The van der Waals surface area contributed by atoms with E-state index in [1.807, 2.05) is 29.0 Å². The summed E-state index contributed by atoms with van der Waals surface area (Å²) >= 11 is 1.48. The number of imidazole rings is 1. The highest BCUT2D eigenvalue weighted by Gasteiger charge is 2.21. The standard InChI is InChI=1S/C27H35N5O2S/c1-17(26(2,3)4)28-13-18-7-8-21-20(11-18)31-25(32(21)16-27(5,6)34)12-22(33)24-10-9-23(35-24)19-14-29-30-15-19/h7-12,14-15,17,28,33-34H,13,16H2,1-6H3,(H,29,30)/t17-/m0/s1. The number of H-pyrrole nitrogens is 1. The van der Waals surface area contributed by atoms with Crippen LogP contribution in [-0.2, 0) is 13.1 Å². The van der Waals surface area contributed by atoms with Crippen molar-refractivity contribution in [3.63, 3.8) is 0 Å². The lowest BCUT2D eigenvalue weighted by molar-refractivity contribution is 0.0624. The molecule has 0 fully saturated rings. The van der Waals surface area contributed by atoms with Crippen LogP contribution in [0.4, 0.5) is 0 Å². The number of aromatic nitrogens is 4. The van der Waals surface area contributed by atoms with Gasteiger partial charge in [0.05, 0.1) is 34.3 Å². The largest absolute Gasteiger partial charge is 0.506 e. The zero-order chi connectivity index (χ0) is 25.4. The number of hydrogen-bond acceptors (Lipinski definition) is 6. The lowest BCUT2D eigenvalue weighted by Crippen LogP contribution is -2.37. The maximum atomic E-state index is 10.9. The molecule has 0 aliphatic carbocycles. The maximum absolute atomic E-state index is 10.9. The molecule has 4 aromatic rings. The monoisotopic (exact) mass is 493 g/mol. The van der Waals surface area contributed by atoms with Crippen LogP contribution in [0.3, 0.4) is 0 Å². The van der Waals surface area contributed by atoms with Gasteiger partial charge in [0.1, 0.15) is 11.6 Å². The minimum absolute atomic E-state index is 0.137. The van der Waals surface area contributed by atoms with E-state index in [-0.39, 0.29) is 11.2 Å². The van der Waals surface area contributed by atoms with Crippen molar-refractivity contribution in [2.45, 2.75) is 66.3 Å². The van der Waals surface area contributed by atoms with E-state index in [1.165, 1.54) is 11.3 Å². The Morgan fingerprint density at radius 3 is 2.63 bits per heavy atom. The second-order valence-electron chi connectivity index (χ2n) is 10.8. The fourth-order valence-corrected chi connectivity index (χ4v) is 4.66. The average molecular weight is 494 g/mol. The van der Waals surface area contributed by atoms with Crippen LogP contribution < -0.4 is 5.32 Å². The third-order valence-electron chi connectivity index (χ3n) is 6.21. The molecule has 7 nitrogen and oxygen atoms in total. The van der Waals surface area contributed by atoms with Gasteiger partial charge < -0.3 is 20.1 Å². The number of aromatic amines is 1. The SMILES string of the molecule is C[C@H](NCc1ccc2c(c1)nc(C=C(O)c1ccc(-c3cn[nH]c3)s1)n2CC(C)(C)O)C(C)(C)C. The Morgan fingerprint density at radius 1 is 1.20 bits per heavy atom. The first-order chi connectivity index (χ1) is 16.4.